The van der Waals surface area contributed by atoms with E-state index in [1.807, 2.05) is 38.1 Å². The maximum atomic E-state index is 8.94. The molecule has 0 fully saturated rings. The molecule has 0 unspecified atom stereocenters. The Balaban J connectivity index is 2.55. The van der Waals surface area contributed by atoms with Gasteiger partial charge < -0.3 is 9.84 Å². The molecule has 0 radical (unpaired) electrons. The molecule has 0 bridgehead atoms. The molecule has 1 N–H and O–H groups in total. The lowest BCUT2D eigenvalue weighted by Crippen LogP contribution is -2.13. The Morgan fingerprint density at radius 1 is 1.35 bits per heavy atom. The largest absolute Gasteiger partial charge is 0.493 e. The van der Waals surface area contributed by atoms with Crippen LogP contribution in [0.25, 0.3) is 0 Å². The molecule has 0 aromatic heterocycles. The second-order valence-corrected chi connectivity index (χ2v) is 4.68. The fraction of sp³-hybridized carbons (Fsp3) is 0.500. The predicted octanol–water partition coefficient (Wildman–Crippen LogP) is 2.54. The van der Waals surface area contributed by atoms with Crippen molar-refractivity contribution in [3.05, 3.63) is 29.8 Å². The number of ether oxygens (including phenoxy) is 1. The summed E-state index contributed by atoms with van der Waals surface area (Å²) in [6, 6.07) is 9.92. The summed E-state index contributed by atoms with van der Waals surface area (Å²) in [4.78, 5) is 0. The second kappa shape index (κ2) is 6.27. The molecule has 0 amide bonds. The maximum Gasteiger partial charge on any atom is 0.122 e. The standard InChI is InChI=1S/C14H19NO2/c1-14(2,11-15)8-10-17-13-6-4-3-5-12(13)7-9-16/h3-6,16H,7-10H2,1-2H3. The number of nitriles is 1. The highest BCUT2D eigenvalue weighted by atomic mass is 16.5. The van der Waals surface area contributed by atoms with Crippen LogP contribution in [0.4, 0.5) is 0 Å². The molecule has 0 aliphatic rings. The summed E-state index contributed by atoms with van der Waals surface area (Å²) < 4.78 is 5.67. The SMILES string of the molecule is CC(C)(C#N)CCOc1ccccc1CCO. The molecule has 92 valence electrons. The summed E-state index contributed by atoms with van der Waals surface area (Å²) in [7, 11) is 0. The molecule has 0 heterocycles. The van der Waals surface area contributed by atoms with Gasteiger partial charge in [-0.25, -0.2) is 0 Å². The molecule has 0 aliphatic carbocycles. The van der Waals surface area contributed by atoms with E-state index in [0.29, 0.717) is 19.4 Å². The van der Waals surface area contributed by atoms with Crippen LogP contribution in [0.15, 0.2) is 24.3 Å². The zero-order valence-electron chi connectivity index (χ0n) is 10.4. The van der Waals surface area contributed by atoms with Crippen molar-refractivity contribution in [2.75, 3.05) is 13.2 Å². The Labute approximate surface area is 103 Å². The monoisotopic (exact) mass is 233 g/mol. The summed E-state index contributed by atoms with van der Waals surface area (Å²) in [5.74, 6) is 0.801. The van der Waals surface area contributed by atoms with Crippen LogP contribution in [0.3, 0.4) is 0 Å². The van der Waals surface area contributed by atoms with Gasteiger partial charge in [-0.1, -0.05) is 18.2 Å². The number of para-hydroxylation sites is 1. The van der Waals surface area contributed by atoms with Crippen LogP contribution in [0.1, 0.15) is 25.8 Å². The van der Waals surface area contributed by atoms with Crippen LogP contribution in [0, 0.1) is 16.7 Å². The summed E-state index contributed by atoms with van der Waals surface area (Å²) in [5.41, 5.74) is 0.649. The number of nitrogens with zero attached hydrogens (tertiary/aromatic N) is 1. The Morgan fingerprint density at radius 2 is 2.06 bits per heavy atom. The first-order chi connectivity index (χ1) is 8.09. The highest BCUT2D eigenvalue weighted by Crippen LogP contribution is 2.22. The van der Waals surface area contributed by atoms with Crippen LogP contribution in [-0.4, -0.2) is 18.3 Å². The number of aliphatic hydroxyl groups is 1. The van der Waals surface area contributed by atoms with Crippen molar-refractivity contribution in [3.8, 4) is 11.8 Å². The van der Waals surface area contributed by atoms with Gasteiger partial charge in [0, 0.05) is 6.61 Å². The van der Waals surface area contributed by atoms with Crippen molar-refractivity contribution < 1.29 is 9.84 Å². The maximum absolute atomic E-state index is 8.94. The van der Waals surface area contributed by atoms with E-state index < -0.39 is 0 Å². The van der Waals surface area contributed by atoms with Crippen molar-refractivity contribution in [2.24, 2.45) is 5.41 Å². The zero-order chi connectivity index (χ0) is 12.7. The molecular formula is C14H19NO2. The van der Waals surface area contributed by atoms with E-state index in [-0.39, 0.29) is 12.0 Å². The minimum Gasteiger partial charge on any atom is -0.493 e. The molecule has 17 heavy (non-hydrogen) atoms. The molecule has 0 saturated carbocycles. The highest BCUT2D eigenvalue weighted by Gasteiger charge is 2.16. The normalized spacial score (nSPS) is 10.9. The number of aliphatic hydroxyl groups excluding tert-OH is 1. The van der Waals surface area contributed by atoms with Gasteiger partial charge in [0.1, 0.15) is 5.75 Å². The molecular weight excluding hydrogens is 214 g/mol. The van der Waals surface area contributed by atoms with Gasteiger partial charge in [-0.2, -0.15) is 5.26 Å². The summed E-state index contributed by atoms with van der Waals surface area (Å²) in [5, 5.41) is 17.8. The number of rotatable bonds is 6. The predicted molar refractivity (Wildman–Crippen MR) is 66.7 cm³/mol. The van der Waals surface area contributed by atoms with E-state index in [0.717, 1.165) is 11.3 Å². The first kappa shape index (κ1) is 13.5. The average Bonchev–Trinajstić information content (AvgIpc) is 2.31. The number of benzene rings is 1. The quantitative estimate of drug-likeness (QED) is 0.821. The third kappa shape index (κ3) is 4.46. The van der Waals surface area contributed by atoms with E-state index in [2.05, 4.69) is 6.07 Å². The minimum absolute atomic E-state index is 0.115. The summed E-state index contributed by atoms with van der Waals surface area (Å²) >= 11 is 0. The van der Waals surface area contributed by atoms with Crippen molar-refractivity contribution in [3.63, 3.8) is 0 Å². The Hall–Kier alpha value is -1.53. The van der Waals surface area contributed by atoms with Crippen LogP contribution < -0.4 is 4.74 Å². The van der Waals surface area contributed by atoms with Crippen LogP contribution >= 0.6 is 0 Å². The van der Waals surface area contributed by atoms with Crippen LogP contribution in [0.5, 0.6) is 5.75 Å². The van der Waals surface area contributed by atoms with Crippen molar-refractivity contribution in [1.82, 2.24) is 0 Å². The van der Waals surface area contributed by atoms with E-state index >= 15 is 0 Å². The molecule has 0 atom stereocenters. The Morgan fingerprint density at radius 3 is 2.71 bits per heavy atom. The molecule has 0 spiro atoms. The van der Waals surface area contributed by atoms with E-state index in [1.165, 1.54) is 0 Å². The first-order valence-corrected chi connectivity index (χ1v) is 5.82. The second-order valence-electron chi connectivity index (χ2n) is 4.68. The molecule has 1 aromatic rings. The molecule has 3 nitrogen and oxygen atoms in total. The molecule has 1 aromatic carbocycles. The van der Waals surface area contributed by atoms with Gasteiger partial charge in [-0.15, -0.1) is 0 Å². The Kier molecular flexibility index (Phi) is 4.99. The fourth-order valence-corrected chi connectivity index (χ4v) is 1.44. The van der Waals surface area contributed by atoms with Gasteiger partial charge in [0.2, 0.25) is 0 Å². The molecule has 3 heteroatoms. The van der Waals surface area contributed by atoms with Gasteiger partial charge in [0.05, 0.1) is 18.1 Å². The lowest BCUT2D eigenvalue weighted by molar-refractivity contribution is 0.257. The number of hydrogen-bond acceptors (Lipinski definition) is 3. The topological polar surface area (TPSA) is 53.2 Å². The van der Waals surface area contributed by atoms with Crippen LogP contribution in [0.2, 0.25) is 0 Å². The number of hydrogen-bond donors (Lipinski definition) is 1. The Bertz CT molecular complexity index is 393. The molecule has 0 aliphatic heterocycles. The van der Waals surface area contributed by atoms with Crippen molar-refractivity contribution in [1.29, 1.82) is 5.26 Å². The van der Waals surface area contributed by atoms with Gasteiger partial charge in [0.25, 0.3) is 0 Å². The van der Waals surface area contributed by atoms with Gasteiger partial charge in [-0.05, 0) is 38.3 Å². The smallest absolute Gasteiger partial charge is 0.122 e. The summed E-state index contributed by atoms with van der Waals surface area (Å²) in [6.07, 6.45) is 1.29. The third-order valence-corrected chi connectivity index (χ3v) is 2.64. The lowest BCUT2D eigenvalue weighted by Gasteiger charge is -2.16. The first-order valence-electron chi connectivity index (χ1n) is 5.82. The van der Waals surface area contributed by atoms with Crippen molar-refractivity contribution in [2.45, 2.75) is 26.7 Å². The van der Waals surface area contributed by atoms with Gasteiger partial charge in [0.15, 0.2) is 0 Å². The molecule has 0 saturated heterocycles. The third-order valence-electron chi connectivity index (χ3n) is 2.64. The van der Waals surface area contributed by atoms with E-state index in [1.54, 1.807) is 0 Å². The van der Waals surface area contributed by atoms with Gasteiger partial charge in [-0.3, -0.25) is 0 Å². The average molecular weight is 233 g/mol. The van der Waals surface area contributed by atoms with Crippen molar-refractivity contribution >= 4 is 0 Å². The van der Waals surface area contributed by atoms with Crippen LogP contribution in [-0.2, 0) is 6.42 Å². The van der Waals surface area contributed by atoms with Gasteiger partial charge >= 0.3 is 0 Å². The summed E-state index contributed by atoms with van der Waals surface area (Å²) in [6.45, 7) is 4.43. The zero-order valence-corrected chi connectivity index (χ0v) is 10.4. The fourth-order valence-electron chi connectivity index (χ4n) is 1.44. The molecule has 1 rings (SSSR count). The lowest BCUT2D eigenvalue weighted by atomic mass is 9.92. The minimum atomic E-state index is -0.355. The van der Waals surface area contributed by atoms with E-state index in [9.17, 15) is 0 Å². The van der Waals surface area contributed by atoms with E-state index in [4.69, 9.17) is 15.1 Å². The highest BCUT2D eigenvalue weighted by molar-refractivity contribution is 5.33.